The number of benzene rings is 1. The zero-order valence-electron chi connectivity index (χ0n) is 13.2. The van der Waals surface area contributed by atoms with Crippen LogP contribution in [0.4, 0.5) is 8.78 Å². The molecular weight excluding hydrogens is 340 g/mol. The zero-order chi connectivity index (χ0) is 17.1. The fourth-order valence-electron chi connectivity index (χ4n) is 2.75. The van der Waals surface area contributed by atoms with Gasteiger partial charge in [-0.25, -0.2) is 8.78 Å². The molecule has 1 saturated carbocycles. The molecule has 1 N–H and O–H groups in total. The van der Waals surface area contributed by atoms with Crippen LogP contribution in [-0.4, -0.2) is 37.9 Å². The summed E-state index contributed by atoms with van der Waals surface area (Å²) < 4.78 is 38.9. The molecule has 2 fully saturated rings. The summed E-state index contributed by atoms with van der Waals surface area (Å²) in [5, 5.41) is 2.57. The van der Waals surface area contributed by atoms with Crippen molar-refractivity contribution in [3.05, 3.63) is 34.4 Å². The molecule has 1 aromatic carbocycles. The topological polar surface area (TPSA) is 47.6 Å². The van der Waals surface area contributed by atoms with E-state index in [0.29, 0.717) is 32.2 Å². The predicted octanol–water partition coefficient (Wildman–Crippen LogP) is 2.86. The Morgan fingerprint density at radius 2 is 2.12 bits per heavy atom. The molecule has 1 amide bonds. The number of carbonyl (C=O) groups excluding carboxylic acids is 1. The van der Waals surface area contributed by atoms with Crippen molar-refractivity contribution in [3.8, 4) is 0 Å². The van der Waals surface area contributed by atoms with Gasteiger partial charge in [-0.3, -0.25) is 4.79 Å². The molecule has 1 aliphatic carbocycles. The van der Waals surface area contributed by atoms with Crippen LogP contribution in [0.25, 0.3) is 0 Å². The number of hydrogen-bond donors (Lipinski definition) is 1. The van der Waals surface area contributed by atoms with Gasteiger partial charge < -0.3 is 14.8 Å². The van der Waals surface area contributed by atoms with Gasteiger partial charge >= 0.3 is 0 Å². The van der Waals surface area contributed by atoms with E-state index in [1.165, 1.54) is 12.8 Å². The van der Waals surface area contributed by atoms with Crippen LogP contribution >= 0.6 is 11.6 Å². The van der Waals surface area contributed by atoms with Crippen LogP contribution in [0.1, 0.15) is 24.8 Å². The number of rotatable bonds is 6. The second-order valence-electron chi connectivity index (χ2n) is 6.35. The molecule has 2 atom stereocenters. The first-order valence-electron chi connectivity index (χ1n) is 8.15. The molecule has 0 radical (unpaired) electrons. The first kappa shape index (κ1) is 17.6. The first-order chi connectivity index (χ1) is 11.5. The second kappa shape index (κ2) is 7.76. The van der Waals surface area contributed by atoms with Crippen LogP contribution in [-0.2, 0) is 20.7 Å². The van der Waals surface area contributed by atoms with Gasteiger partial charge in [-0.15, -0.1) is 0 Å². The molecule has 1 aliphatic heterocycles. The van der Waals surface area contributed by atoms with E-state index in [-0.39, 0.29) is 22.7 Å². The monoisotopic (exact) mass is 359 g/mol. The molecule has 1 aromatic rings. The van der Waals surface area contributed by atoms with Gasteiger partial charge in [0.2, 0.25) is 5.91 Å². The molecule has 0 spiro atoms. The molecule has 0 bridgehead atoms. The molecule has 0 aromatic heterocycles. The number of amides is 1. The van der Waals surface area contributed by atoms with E-state index in [0.717, 1.165) is 12.1 Å². The van der Waals surface area contributed by atoms with Crippen LogP contribution in [0.2, 0.25) is 5.02 Å². The highest BCUT2D eigenvalue weighted by molar-refractivity contribution is 6.30. The Hall–Kier alpha value is -1.24. The summed E-state index contributed by atoms with van der Waals surface area (Å²) in [6.07, 6.45) is 2.53. The lowest BCUT2D eigenvalue weighted by Gasteiger charge is -2.32. The first-order valence-corrected chi connectivity index (χ1v) is 8.53. The average Bonchev–Trinajstić information content (AvgIpc) is 3.39. The molecule has 24 heavy (non-hydrogen) atoms. The number of halogens is 3. The summed E-state index contributed by atoms with van der Waals surface area (Å²) in [4.78, 5) is 12.2. The van der Waals surface area contributed by atoms with Gasteiger partial charge in [0, 0.05) is 18.8 Å². The number of ether oxygens (including phenoxy) is 2. The van der Waals surface area contributed by atoms with Crippen molar-refractivity contribution in [2.45, 2.75) is 37.8 Å². The highest BCUT2D eigenvalue weighted by Gasteiger charge is 2.31. The van der Waals surface area contributed by atoms with Crippen molar-refractivity contribution >= 4 is 17.5 Å². The minimum Gasteiger partial charge on any atom is -0.379 e. The highest BCUT2D eigenvalue weighted by Crippen LogP contribution is 2.30. The van der Waals surface area contributed by atoms with Crippen molar-refractivity contribution < 1.29 is 23.0 Å². The fraction of sp³-hybridized carbons (Fsp3) is 0.588. The van der Waals surface area contributed by atoms with E-state index in [1.807, 2.05) is 0 Å². The number of nitrogens with one attached hydrogen (secondary N) is 1. The molecule has 3 rings (SSSR count). The van der Waals surface area contributed by atoms with Crippen molar-refractivity contribution in [1.29, 1.82) is 0 Å². The minimum atomic E-state index is -0.895. The van der Waals surface area contributed by atoms with E-state index in [9.17, 15) is 13.6 Å². The van der Waals surface area contributed by atoms with Gasteiger partial charge in [0.1, 0.15) is 11.6 Å². The SMILES string of the molecule is O=C(Cc1c(F)ccc(Cl)c1F)N[C@@H]1COCC[C@@H]1OCC1CC1. The van der Waals surface area contributed by atoms with E-state index >= 15 is 0 Å². The quantitative estimate of drug-likeness (QED) is 0.794. The van der Waals surface area contributed by atoms with Crippen molar-refractivity contribution in [2.24, 2.45) is 5.92 Å². The lowest BCUT2D eigenvalue weighted by atomic mass is 10.1. The van der Waals surface area contributed by atoms with Crippen LogP contribution in [0.3, 0.4) is 0 Å². The summed E-state index contributed by atoms with van der Waals surface area (Å²) >= 11 is 5.65. The molecule has 1 saturated heterocycles. The Morgan fingerprint density at radius 3 is 2.88 bits per heavy atom. The molecule has 7 heteroatoms. The maximum Gasteiger partial charge on any atom is 0.225 e. The summed E-state index contributed by atoms with van der Waals surface area (Å²) in [5.74, 6) is -1.54. The third-order valence-electron chi connectivity index (χ3n) is 4.36. The van der Waals surface area contributed by atoms with Gasteiger partial charge in [-0.2, -0.15) is 0 Å². The van der Waals surface area contributed by atoms with Gasteiger partial charge in [0.25, 0.3) is 0 Å². The minimum absolute atomic E-state index is 0.127. The van der Waals surface area contributed by atoms with Crippen LogP contribution < -0.4 is 5.32 Å². The molecule has 1 heterocycles. The van der Waals surface area contributed by atoms with Gasteiger partial charge in [0.15, 0.2) is 0 Å². The Bertz CT molecular complexity index is 610. The summed E-state index contributed by atoms with van der Waals surface area (Å²) in [7, 11) is 0. The smallest absolute Gasteiger partial charge is 0.225 e. The summed E-state index contributed by atoms with van der Waals surface area (Å²) in [6.45, 7) is 1.61. The maximum absolute atomic E-state index is 13.9. The third kappa shape index (κ3) is 4.43. The van der Waals surface area contributed by atoms with E-state index < -0.39 is 24.0 Å². The molecule has 132 valence electrons. The highest BCUT2D eigenvalue weighted by atomic mass is 35.5. The van der Waals surface area contributed by atoms with E-state index in [2.05, 4.69) is 5.32 Å². The maximum atomic E-state index is 13.9. The van der Waals surface area contributed by atoms with Crippen molar-refractivity contribution in [1.82, 2.24) is 5.32 Å². The fourth-order valence-corrected chi connectivity index (χ4v) is 2.92. The standard InChI is InChI=1S/C17H20ClF2NO3/c18-12-3-4-13(19)11(17(12)20)7-16(22)21-14-9-23-6-5-15(14)24-8-10-1-2-10/h3-4,10,14-15H,1-2,5-9H2,(H,21,22)/t14-,15+/m1/s1. The Labute approximate surface area is 144 Å². The van der Waals surface area contributed by atoms with E-state index in [1.54, 1.807) is 0 Å². The summed E-state index contributed by atoms with van der Waals surface area (Å²) in [6, 6.07) is 1.87. The van der Waals surface area contributed by atoms with Gasteiger partial charge in [0.05, 0.1) is 30.2 Å². The lowest BCUT2D eigenvalue weighted by molar-refractivity contribution is -0.125. The van der Waals surface area contributed by atoms with Crippen LogP contribution in [0.15, 0.2) is 12.1 Å². The Morgan fingerprint density at radius 1 is 1.33 bits per heavy atom. The number of hydrogen-bond acceptors (Lipinski definition) is 3. The normalized spacial score (nSPS) is 24.0. The van der Waals surface area contributed by atoms with Crippen LogP contribution in [0.5, 0.6) is 0 Å². The largest absolute Gasteiger partial charge is 0.379 e. The number of carbonyl (C=O) groups is 1. The van der Waals surface area contributed by atoms with Crippen LogP contribution in [0, 0.1) is 17.6 Å². The molecule has 4 nitrogen and oxygen atoms in total. The second-order valence-corrected chi connectivity index (χ2v) is 6.76. The van der Waals surface area contributed by atoms with Gasteiger partial charge in [-0.05, 0) is 37.3 Å². The van der Waals surface area contributed by atoms with Crippen molar-refractivity contribution in [2.75, 3.05) is 19.8 Å². The Kier molecular flexibility index (Phi) is 5.69. The zero-order valence-corrected chi connectivity index (χ0v) is 14.0. The van der Waals surface area contributed by atoms with Crippen molar-refractivity contribution in [3.63, 3.8) is 0 Å². The third-order valence-corrected chi connectivity index (χ3v) is 4.65. The van der Waals surface area contributed by atoms with E-state index in [4.69, 9.17) is 21.1 Å². The molecule has 0 unspecified atom stereocenters. The summed E-state index contributed by atoms with van der Waals surface area (Å²) in [5.41, 5.74) is -0.327. The average molecular weight is 360 g/mol. The lowest BCUT2D eigenvalue weighted by Crippen LogP contribution is -2.51. The Balaban J connectivity index is 1.59. The molecule has 2 aliphatic rings. The molecular formula is C17H20ClF2NO3. The van der Waals surface area contributed by atoms with Gasteiger partial charge in [-0.1, -0.05) is 11.6 Å². The predicted molar refractivity (Wildman–Crippen MR) is 84.9 cm³/mol.